The van der Waals surface area contributed by atoms with Crippen molar-refractivity contribution >= 4 is 5.91 Å². The monoisotopic (exact) mass is 168 g/mol. The molecule has 0 aliphatic rings. The Morgan fingerprint density at radius 2 is 2.50 bits per heavy atom. The first-order chi connectivity index (χ1) is 5.74. The van der Waals surface area contributed by atoms with Crippen molar-refractivity contribution in [2.75, 3.05) is 13.6 Å². The maximum atomic E-state index is 11.0. The van der Waals surface area contributed by atoms with Crippen LogP contribution in [0.4, 0.5) is 0 Å². The van der Waals surface area contributed by atoms with Gasteiger partial charge in [0.1, 0.15) is 0 Å². The molecule has 0 bridgehead atoms. The Kier molecular flexibility index (Phi) is 2.88. The summed E-state index contributed by atoms with van der Waals surface area (Å²) in [6, 6.07) is 1.82. The van der Waals surface area contributed by atoms with Crippen LogP contribution in [-0.4, -0.2) is 24.4 Å². The van der Waals surface area contributed by atoms with Crippen LogP contribution in [0.15, 0.2) is 23.0 Å². The van der Waals surface area contributed by atoms with E-state index >= 15 is 0 Å². The van der Waals surface area contributed by atoms with Gasteiger partial charge in [-0.1, -0.05) is 0 Å². The van der Waals surface area contributed by atoms with Crippen LogP contribution in [0.2, 0.25) is 0 Å². The number of carbonyl (C=O) groups is 1. The van der Waals surface area contributed by atoms with E-state index in [1.807, 2.05) is 6.07 Å². The second-order valence-corrected chi connectivity index (χ2v) is 2.59. The molecule has 4 heteroatoms. The van der Waals surface area contributed by atoms with Crippen molar-refractivity contribution in [3.8, 4) is 0 Å². The van der Waals surface area contributed by atoms with Gasteiger partial charge in [-0.3, -0.25) is 4.79 Å². The first-order valence-electron chi connectivity index (χ1n) is 3.69. The Morgan fingerprint density at radius 1 is 1.75 bits per heavy atom. The predicted molar refractivity (Wildman–Crippen MR) is 44.2 cm³/mol. The zero-order valence-electron chi connectivity index (χ0n) is 6.99. The van der Waals surface area contributed by atoms with E-state index in [4.69, 9.17) is 10.2 Å². The molecule has 0 radical (unpaired) electrons. The topological polar surface area (TPSA) is 59.5 Å². The fourth-order valence-corrected chi connectivity index (χ4v) is 0.900. The van der Waals surface area contributed by atoms with Crippen LogP contribution in [-0.2, 0) is 11.3 Å². The molecule has 0 saturated heterocycles. The van der Waals surface area contributed by atoms with Crippen molar-refractivity contribution in [2.24, 2.45) is 5.73 Å². The summed E-state index contributed by atoms with van der Waals surface area (Å²) in [5, 5.41) is 0. The van der Waals surface area contributed by atoms with Crippen molar-refractivity contribution in [2.45, 2.75) is 6.54 Å². The molecule has 0 aliphatic heterocycles. The quantitative estimate of drug-likeness (QED) is 0.701. The lowest BCUT2D eigenvalue weighted by molar-refractivity contribution is -0.128. The molecule has 0 aliphatic carbocycles. The lowest BCUT2D eigenvalue weighted by atomic mass is 10.3. The molecule has 1 rings (SSSR count). The molecule has 1 aromatic heterocycles. The van der Waals surface area contributed by atoms with Gasteiger partial charge >= 0.3 is 0 Å². The summed E-state index contributed by atoms with van der Waals surface area (Å²) in [7, 11) is 1.71. The number of furan rings is 1. The molecule has 0 atom stereocenters. The summed E-state index contributed by atoms with van der Waals surface area (Å²) in [4.78, 5) is 12.6. The molecule has 66 valence electrons. The standard InChI is InChI=1S/C8H12N2O2/c1-10(8(11)4-9)5-7-2-3-12-6-7/h2-3,6H,4-5,9H2,1H3. The van der Waals surface area contributed by atoms with E-state index in [0.29, 0.717) is 6.54 Å². The summed E-state index contributed by atoms with van der Waals surface area (Å²) in [5.74, 6) is -0.0730. The van der Waals surface area contributed by atoms with Crippen LogP contribution in [0, 0.1) is 0 Å². The van der Waals surface area contributed by atoms with Gasteiger partial charge in [0.05, 0.1) is 19.1 Å². The molecule has 1 amide bonds. The highest BCUT2D eigenvalue weighted by atomic mass is 16.3. The lowest BCUT2D eigenvalue weighted by Crippen LogP contribution is -2.31. The zero-order valence-corrected chi connectivity index (χ0v) is 6.99. The normalized spacial score (nSPS) is 9.83. The average Bonchev–Trinajstić information content (AvgIpc) is 2.55. The molecule has 0 aromatic carbocycles. The highest BCUT2D eigenvalue weighted by molar-refractivity contribution is 5.77. The molecule has 1 aromatic rings. The van der Waals surface area contributed by atoms with Crippen LogP contribution >= 0.6 is 0 Å². The van der Waals surface area contributed by atoms with E-state index in [2.05, 4.69) is 0 Å². The number of nitrogens with two attached hydrogens (primary N) is 1. The number of nitrogens with zero attached hydrogens (tertiary/aromatic N) is 1. The molecule has 1 heterocycles. The van der Waals surface area contributed by atoms with Gasteiger partial charge in [0.2, 0.25) is 5.91 Å². The fraction of sp³-hybridized carbons (Fsp3) is 0.375. The van der Waals surface area contributed by atoms with Crippen LogP contribution in [0.25, 0.3) is 0 Å². The van der Waals surface area contributed by atoms with Crippen molar-refractivity contribution < 1.29 is 9.21 Å². The number of amides is 1. The summed E-state index contributed by atoms with van der Waals surface area (Å²) in [6.07, 6.45) is 3.19. The van der Waals surface area contributed by atoms with Gasteiger partial charge in [-0.15, -0.1) is 0 Å². The predicted octanol–water partition coefficient (Wildman–Crippen LogP) is 0.197. The number of hydrogen-bond donors (Lipinski definition) is 1. The third-order valence-corrected chi connectivity index (χ3v) is 1.60. The smallest absolute Gasteiger partial charge is 0.236 e. The largest absolute Gasteiger partial charge is 0.472 e. The van der Waals surface area contributed by atoms with Crippen molar-refractivity contribution in [1.29, 1.82) is 0 Å². The Labute approximate surface area is 70.9 Å². The minimum atomic E-state index is -0.0730. The van der Waals surface area contributed by atoms with Gasteiger partial charge in [-0.25, -0.2) is 0 Å². The van der Waals surface area contributed by atoms with Gasteiger partial charge in [-0.2, -0.15) is 0 Å². The second-order valence-electron chi connectivity index (χ2n) is 2.59. The van der Waals surface area contributed by atoms with Crippen LogP contribution in [0.5, 0.6) is 0 Å². The Hall–Kier alpha value is -1.29. The highest BCUT2D eigenvalue weighted by Crippen LogP contribution is 2.02. The SMILES string of the molecule is CN(Cc1ccoc1)C(=O)CN. The Balaban J connectivity index is 2.47. The van der Waals surface area contributed by atoms with E-state index < -0.39 is 0 Å². The van der Waals surface area contributed by atoms with E-state index in [0.717, 1.165) is 5.56 Å². The molecular formula is C8H12N2O2. The van der Waals surface area contributed by atoms with E-state index in [1.54, 1.807) is 24.5 Å². The first-order valence-corrected chi connectivity index (χ1v) is 3.69. The first kappa shape index (κ1) is 8.80. The molecule has 2 N–H and O–H groups in total. The molecule has 12 heavy (non-hydrogen) atoms. The minimum Gasteiger partial charge on any atom is -0.472 e. The molecule has 4 nitrogen and oxygen atoms in total. The van der Waals surface area contributed by atoms with Crippen molar-refractivity contribution in [1.82, 2.24) is 4.90 Å². The zero-order chi connectivity index (χ0) is 8.97. The maximum absolute atomic E-state index is 11.0. The van der Waals surface area contributed by atoms with Gasteiger partial charge in [0.25, 0.3) is 0 Å². The van der Waals surface area contributed by atoms with E-state index in [9.17, 15) is 4.79 Å². The van der Waals surface area contributed by atoms with E-state index in [-0.39, 0.29) is 12.5 Å². The minimum absolute atomic E-state index is 0.0500. The van der Waals surface area contributed by atoms with Crippen LogP contribution in [0.1, 0.15) is 5.56 Å². The molecule has 0 saturated carbocycles. The second kappa shape index (κ2) is 3.92. The number of carbonyl (C=O) groups excluding carboxylic acids is 1. The summed E-state index contributed by atoms with van der Waals surface area (Å²) >= 11 is 0. The third-order valence-electron chi connectivity index (χ3n) is 1.60. The summed E-state index contributed by atoms with van der Waals surface area (Å²) < 4.78 is 4.86. The van der Waals surface area contributed by atoms with Crippen LogP contribution < -0.4 is 5.73 Å². The lowest BCUT2D eigenvalue weighted by Gasteiger charge is -2.14. The average molecular weight is 168 g/mol. The number of likely N-dealkylation sites (N-methyl/N-ethyl adjacent to an activating group) is 1. The summed E-state index contributed by atoms with van der Waals surface area (Å²) in [6.45, 7) is 0.598. The Bertz CT molecular complexity index is 244. The van der Waals surface area contributed by atoms with Crippen molar-refractivity contribution in [3.63, 3.8) is 0 Å². The van der Waals surface area contributed by atoms with E-state index in [1.165, 1.54) is 0 Å². The Morgan fingerprint density at radius 3 is 3.00 bits per heavy atom. The van der Waals surface area contributed by atoms with Crippen LogP contribution in [0.3, 0.4) is 0 Å². The van der Waals surface area contributed by atoms with Gasteiger partial charge < -0.3 is 15.1 Å². The van der Waals surface area contributed by atoms with Gasteiger partial charge in [0.15, 0.2) is 0 Å². The number of rotatable bonds is 3. The third kappa shape index (κ3) is 2.10. The molecular weight excluding hydrogens is 156 g/mol. The van der Waals surface area contributed by atoms with Gasteiger partial charge in [-0.05, 0) is 6.07 Å². The van der Waals surface area contributed by atoms with Gasteiger partial charge in [0, 0.05) is 19.2 Å². The fourth-order valence-electron chi connectivity index (χ4n) is 0.900. The molecule has 0 spiro atoms. The maximum Gasteiger partial charge on any atom is 0.236 e. The summed E-state index contributed by atoms with van der Waals surface area (Å²) in [5.41, 5.74) is 6.16. The molecule has 0 unspecified atom stereocenters. The number of hydrogen-bond acceptors (Lipinski definition) is 3. The highest BCUT2D eigenvalue weighted by Gasteiger charge is 2.06. The molecule has 0 fully saturated rings. The van der Waals surface area contributed by atoms with Crippen molar-refractivity contribution in [3.05, 3.63) is 24.2 Å².